The number of methoxy groups -OCH3 is 1. The topological polar surface area (TPSA) is 96.0 Å². The van der Waals surface area contributed by atoms with E-state index in [4.69, 9.17) is 4.74 Å². The molecule has 0 aromatic heterocycles. The van der Waals surface area contributed by atoms with Gasteiger partial charge in [0.25, 0.3) is 0 Å². The molecule has 0 fully saturated rings. The lowest BCUT2D eigenvalue weighted by atomic mass is 10.1. The third-order valence-corrected chi connectivity index (χ3v) is 6.68. The second-order valence-corrected chi connectivity index (χ2v) is 10.7. The van der Waals surface area contributed by atoms with Crippen LogP contribution in [-0.2, 0) is 26.2 Å². The summed E-state index contributed by atoms with van der Waals surface area (Å²) < 4.78 is 31.6. The number of rotatable bonds is 10. The molecule has 2 aromatic rings. The number of hydrogen-bond acceptors (Lipinski definition) is 5. The van der Waals surface area contributed by atoms with Crippen LogP contribution < -0.4 is 14.4 Å². The first-order valence-corrected chi connectivity index (χ1v) is 13.0. The molecule has 0 radical (unpaired) electrons. The first-order chi connectivity index (χ1) is 15.8. The summed E-state index contributed by atoms with van der Waals surface area (Å²) in [5.41, 5.74) is 3.09. The summed E-state index contributed by atoms with van der Waals surface area (Å²) in [6, 6.07) is 11.5. The molecule has 2 aromatic carbocycles. The lowest BCUT2D eigenvalue weighted by Crippen LogP contribution is -2.52. The van der Waals surface area contributed by atoms with Crippen molar-refractivity contribution in [2.45, 2.75) is 53.2 Å². The predicted octanol–water partition coefficient (Wildman–Crippen LogP) is 3.02. The fraction of sp³-hybridized carbons (Fsp3) is 0.440. The Morgan fingerprint density at radius 2 is 1.71 bits per heavy atom. The van der Waals surface area contributed by atoms with Crippen LogP contribution in [-0.4, -0.2) is 57.1 Å². The van der Waals surface area contributed by atoms with Gasteiger partial charge in [0.15, 0.2) is 0 Å². The Bertz CT molecular complexity index is 1130. The van der Waals surface area contributed by atoms with Crippen molar-refractivity contribution in [3.05, 3.63) is 59.2 Å². The van der Waals surface area contributed by atoms with E-state index in [1.807, 2.05) is 39.8 Å². The van der Waals surface area contributed by atoms with E-state index in [2.05, 4.69) is 5.32 Å². The van der Waals surface area contributed by atoms with Crippen molar-refractivity contribution in [2.75, 3.05) is 24.2 Å². The fourth-order valence-electron chi connectivity index (χ4n) is 3.45. The van der Waals surface area contributed by atoms with Crippen LogP contribution in [0.4, 0.5) is 5.69 Å². The van der Waals surface area contributed by atoms with Gasteiger partial charge in [0, 0.05) is 12.6 Å². The van der Waals surface area contributed by atoms with E-state index < -0.39 is 28.5 Å². The standard InChI is InChI=1S/C25H35N3O5S/c1-17(2)26-25(30)20(5)27(15-21-9-8-10-23(14-21)33-6)24(29)16-28(34(7,31)32)22-12-11-18(3)19(4)13-22/h8-14,17,20H,15-16H2,1-7H3,(H,26,30)/t20-/m0/s1. The smallest absolute Gasteiger partial charge is 0.244 e. The van der Waals surface area contributed by atoms with Crippen molar-refractivity contribution in [2.24, 2.45) is 0 Å². The Morgan fingerprint density at radius 3 is 2.26 bits per heavy atom. The molecule has 1 N–H and O–H groups in total. The molecule has 1 atom stereocenters. The predicted molar refractivity (Wildman–Crippen MR) is 134 cm³/mol. The van der Waals surface area contributed by atoms with Crippen LogP contribution in [0, 0.1) is 13.8 Å². The van der Waals surface area contributed by atoms with Crippen LogP contribution >= 0.6 is 0 Å². The number of amides is 2. The van der Waals surface area contributed by atoms with Gasteiger partial charge in [-0.25, -0.2) is 8.42 Å². The number of aryl methyl sites for hydroxylation is 2. The summed E-state index contributed by atoms with van der Waals surface area (Å²) in [7, 11) is -2.21. The Balaban J connectivity index is 2.42. The molecule has 0 aliphatic heterocycles. The third kappa shape index (κ3) is 7.21. The second-order valence-electron chi connectivity index (χ2n) is 8.75. The monoisotopic (exact) mass is 489 g/mol. The van der Waals surface area contributed by atoms with E-state index in [1.165, 1.54) is 4.90 Å². The number of anilines is 1. The van der Waals surface area contributed by atoms with E-state index in [0.717, 1.165) is 27.3 Å². The van der Waals surface area contributed by atoms with Gasteiger partial charge in [0.1, 0.15) is 18.3 Å². The molecular weight excluding hydrogens is 454 g/mol. The maximum absolute atomic E-state index is 13.5. The van der Waals surface area contributed by atoms with E-state index in [1.54, 1.807) is 44.4 Å². The van der Waals surface area contributed by atoms with Crippen LogP contribution in [0.25, 0.3) is 0 Å². The van der Waals surface area contributed by atoms with Crippen molar-refractivity contribution in [1.82, 2.24) is 10.2 Å². The van der Waals surface area contributed by atoms with Crippen molar-refractivity contribution in [3.8, 4) is 5.75 Å². The lowest BCUT2D eigenvalue weighted by Gasteiger charge is -2.32. The molecule has 0 saturated carbocycles. The number of carbonyl (C=O) groups is 2. The van der Waals surface area contributed by atoms with Gasteiger partial charge in [-0.05, 0) is 75.6 Å². The molecule has 0 spiro atoms. The molecule has 0 unspecified atom stereocenters. The molecule has 0 aliphatic carbocycles. The Kier molecular flexibility index (Phi) is 9.09. The molecule has 0 heterocycles. The summed E-state index contributed by atoms with van der Waals surface area (Å²) in [5.74, 6) is -0.182. The minimum absolute atomic E-state index is 0.105. The summed E-state index contributed by atoms with van der Waals surface area (Å²) in [6.07, 6.45) is 1.07. The number of hydrogen-bond donors (Lipinski definition) is 1. The van der Waals surface area contributed by atoms with Gasteiger partial charge in [0.2, 0.25) is 21.8 Å². The average molecular weight is 490 g/mol. The SMILES string of the molecule is COc1cccc(CN(C(=O)CN(c2ccc(C)c(C)c2)S(C)(=O)=O)[C@@H](C)C(=O)NC(C)C)c1. The zero-order chi connectivity index (χ0) is 25.6. The number of sulfonamides is 1. The highest BCUT2D eigenvalue weighted by atomic mass is 32.2. The molecule has 2 rings (SSSR count). The zero-order valence-electron chi connectivity index (χ0n) is 21.0. The lowest BCUT2D eigenvalue weighted by molar-refractivity contribution is -0.139. The third-order valence-electron chi connectivity index (χ3n) is 5.54. The van der Waals surface area contributed by atoms with Crippen molar-refractivity contribution in [1.29, 1.82) is 0 Å². The minimum atomic E-state index is -3.76. The first kappa shape index (κ1) is 27.2. The number of carbonyl (C=O) groups excluding carboxylic acids is 2. The van der Waals surface area contributed by atoms with Crippen LogP contribution in [0.3, 0.4) is 0 Å². The molecule has 0 aliphatic rings. The fourth-order valence-corrected chi connectivity index (χ4v) is 4.29. The van der Waals surface area contributed by atoms with Gasteiger partial charge in [0.05, 0.1) is 19.1 Å². The molecule has 34 heavy (non-hydrogen) atoms. The van der Waals surface area contributed by atoms with Gasteiger partial charge < -0.3 is 15.0 Å². The van der Waals surface area contributed by atoms with Crippen molar-refractivity contribution < 1.29 is 22.7 Å². The number of benzene rings is 2. The molecule has 9 heteroatoms. The number of ether oxygens (including phenoxy) is 1. The molecular formula is C25H35N3O5S. The van der Waals surface area contributed by atoms with Gasteiger partial charge >= 0.3 is 0 Å². The zero-order valence-corrected chi connectivity index (χ0v) is 21.8. The van der Waals surface area contributed by atoms with Crippen LogP contribution in [0.1, 0.15) is 37.5 Å². The normalized spacial score (nSPS) is 12.2. The van der Waals surface area contributed by atoms with Crippen LogP contribution in [0.5, 0.6) is 5.75 Å². The summed E-state index contributed by atoms with van der Waals surface area (Å²) in [6.45, 7) is 8.82. The quantitative estimate of drug-likeness (QED) is 0.554. The largest absolute Gasteiger partial charge is 0.497 e. The maximum atomic E-state index is 13.5. The van der Waals surface area contributed by atoms with Crippen molar-refractivity contribution >= 4 is 27.5 Å². The molecule has 2 amide bonds. The minimum Gasteiger partial charge on any atom is -0.497 e. The van der Waals surface area contributed by atoms with Crippen LogP contribution in [0.15, 0.2) is 42.5 Å². The van der Waals surface area contributed by atoms with Gasteiger partial charge in [-0.3, -0.25) is 13.9 Å². The Labute approximate surface area is 202 Å². The highest BCUT2D eigenvalue weighted by Gasteiger charge is 2.30. The van der Waals surface area contributed by atoms with Crippen LogP contribution in [0.2, 0.25) is 0 Å². The number of nitrogens with zero attached hydrogens (tertiary/aromatic N) is 2. The van der Waals surface area contributed by atoms with Gasteiger partial charge in [-0.1, -0.05) is 18.2 Å². The highest BCUT2D eigenvalue weighted by molar-refractivity contribution is 7.92. The van der Waals surface area contributed by atoms with Gasteiger partial charge in [-0.15, -0.1) is 0 Å². The summed E-state index contributed by atoms with van der Waals surface area (Å²) >= 11 is 0. The average Bonchev–Trinajstić information content (AvgIpc) is 2.76. The van der Waals surface area contributed by atoms with E-state index in [-0.39, 0.29) is 18.5 Å². The molecule has 0 saturated heterocycles. The Hall–Kier alpha value is -3.07. The van der Waals surface area contributed by atoms with E-state index in [9.17, 15) is 18.0 Å². The van der Waals surface area contributed by atoms with Gasteiger partial charge in [-0.2, -0.15) is 0 Å². The van der Waals surface area contributed by atoms with Crippen molar-refractivity contribution in [3.63, 3.8) is 0 Å². The first-order valence-electron chi connectivity index (χ1n) is 11.1. The van der Waals surface area contributed by atoms with E-state index in [0.29, 0.717) is 11.4 Å². The molecule has 8 nitrogen and oxygen atoms in total. The number of nitrogens with one attached hydrogen (secondary N) is 1. The highest BCUT2D eigenvalue weighted by Crippen LogP contribution is 2.22. The maximum Gasteiger partial charge on any atom is 0.244 e. The summed E-state index contributed by atoms with van der Waals surface area (Å²) in [5, 5.41) is 2.83. The van der Waals surface area contributed by atoms with E-state index >= 15 is 0 Å². The Morgan fingerprint density at radius 1 is 1.03 bits per heavy atom. The molecule has 0 bridgehead atoms. The molecule has 186 valence electrons. The summed E-state index contributed by atoms with van der Waals surface area (Å²) in [4.78, 5) is 27.7. The second kappa shape index (κ2) is 11.4.